The molecule has 9 N–H and O–H groups in total. The Morgan fingerprint density at radius 2 is 1.41 bits per heavy atom. The molecule has 0 heterocycles. The normalized spacial score (nSPS) is 14.8. The number of hydrogen-bond donors (Lipinski definition) is 7. The van der Waals surface area contributed by atoms with E-state index in [0.717, 1.165) is 0 Å². The maximum absolute atomic E-state index is 12.5. The highest BCUT2D eigenvalue weighted by atomic mass is 16.4. The Morgan fingerprint density at radius 3 is 1.90 bits per heavy atom. The van der Waals surface area contributed by atoms with Gasteiger partial charge in [0, 0.05) is 6.54 Å². The van der Waals surface area contributed by atoms with Crippen LogP contribution in [0, 0.1) is 5.92 Å². The van der Waals surface area contributed by atoms with E-state index >= 15 is 0 Å². The standard InChI is InChI=1S/C17H32N6O6/c1-8(2)12(23-14(25)11(18)6-5-7-20-17(19)29)15(26)21-9(3)13(24)22-10(4)16(27)28/h8-12H,5-7,18H2,1-4H3,(H,21,26)(H,22,24)(H,23,25)(H,27,28)(H3,19,20,29)/t9-,10-,11-,12-/m0/s1. The van der Waals surface area contributed by atoms with Gasteiger partial charge < -0.3 is 37.8 Å². The first kappa shape index (κ1) is 26.1. The van der Waals surface area contributed by atoms with E-state index in [1.807, 2.05) is 0 Å². The summed E-state index contributed by atoms with van der Waals surface area (Å²) in [7, 11) is 0. The van der Waals surface area contributed by atoms with Gasteiger partial charge in [-0.25, -0.2) is 4.79 Å². The highest BCUT2D eigenvalue weighted by molar-refractivity contribution is 5.93. The van der Waals surface area contributed by atoms with Crippen molar-refractivity contribution in [1.82, 2.24) is 21.3 Å². The first-order valence-electron chi connectivity index (χ1n) is 9.29. The third-order valence-corrected chi connectivity index (χ3v) is 4.06. The second-order valence-electron chi connectivity index (χ2n) is 7.07. The zero-order chi connectivity index (χ0) is 22.7. The maximum Gasteiger partial charge on any atom is 0.325 e. The summed E-state index contributed by atoms with van der Waals surface area (Å²) < 4.78 is 0. The van der Waals surface area contributed by atoms with Crippen molar-refractivity contribution in [3.63, 3.8) is 0 Å². The molecule has 0 aromatic carbocycles. The molecule has 12 nitrogen and oxygen atoms in total. The fourth-order valence-electron chi connectivity index (χ4n) is 2.23. The Hall–Kier alpha value is -2.89. The monoisotopic (exact) mass is 416 g/mol. The largest absolute Gasteiger partial charge is 0.480 e. The van der Waals surface area contributed by atoms with Crippen LogP contribution in [0.1, 0.15) is 40.5 Å². The molecule has 0 aromatic rings. The lowest BCUT2D eigenvalue weighted by Crippen LogP contribution is -2.57. The van der Waals surface area contributed by atoms with E-state index in [1.54, 1.807) is 13.8 Å². The molecule has 12 heteroatoms. The number of amides is 5. The van der Waals surface area contributed by atoms with Crippen LogP contribution in [-0.4, -0.2) is 65.5 Å². The number of carbonyl (C=O) groups excluding carboxylic acids is 4. The summed E-state index contributed by atoms with van der Waals surface area (Å²) in [6, 6.07) is -4.61. The number of rotatable bonds is 12. The maximum atomic E-state index is 12.5. The van der Waals surface area contributed by atoms with Gasteiger partial charge in [-0.05, 0) is 32.6 Å². The number of primary amides is 1. The number of nitrogens with one attached hydrogen (secondary N) is 4. The third kappa shape index (κ3) is 10.3. The Bertz CT molecular complexity index is 611. The predicted octanol–water partition coefficient (Wildman–Crippen LogP) is -2.00. The molecule has 166 valence electrons. The van der Waals surface area contributed by atoms with Gasteiger partial charge in [0.25, 0.3) is 0 Å². The van der Waals surface area contributed by atoms with Gasteiger partial charge in [-0.2, -0.15) is 0 Å². The van der Waals surface area contributed by atoms with Gasteiger partial charge in [0.15, 0.2) is 0 Å². The van der Waals surface area contributed by atoms with Gasteiger partial charge in [-0.15, -0.1) is 0 Å². The number of carboxylic acid groups (broad SMARTS) is 1. The molecule has 0 radical (unpaired) electrons. The SMILES string of the molecule is CC(C)[C@H](NC(=O)[C@@H](N)CCCNC(N)=O)C(=O)N[C@@H](C)C(=O)N[C@@H](C)C(=O)O. The van der Waals surface area contributed by atoms with Crippen LogP contribution in [-0.2, 0) is 19.2 Å². The molecule has 0 rings (SSSR count). The predicted molar refractivity (Wildman–Crippen MR) is 104 cm³/mol. The van der Waals surface area contributed by atoms with Crippen molar-refractivity contribution in [3.05, 3.63) is 0 Å². The lowest BCUT2D eigenvalue weighted by molar-refractivity contribution is -0.141. The molecule has 0 aliphatic heterocycles. The van der Waals surface area contributed by atoms with Crippen molar-refractivity contribution in [2.24, 2.45) is 17.4 Å². The minimum absolute atomic E-state index is 0.268. The van der Waals surface area contributed by atoms with Gasteiger partial charge in [0.05, 0.1) is 6.04 Å². The second-order valence-corrected chi connectivity index (χ2v) is 7.07. The van der Waals surface area contributed by atoms with Crippen molar-refractivity contribution in [2.45, 2.75) is 64.7 Å². The van der Waals surface area contributed by atoms with E-state index in [-0.39, 0.29) is 18.9 Å². The topological polar surface area (TPSA) is 206 Å². The average molecular weight is 416 g/mol. The van der Waals surface area contributed by atoms with Crippen molar-refractivity contribution in [1.29, 1.82) is 0 Å². The van der Waals surface area contributed by atoms with Crippen LogP contribution in [0.3, 0.4) is 0 Å². The van der Waals surface area contributed by atoms with Crippen molar-refractivity contribution in [2.75, 3.05) is 6.54 Å². The van der Waals surface area contributed by atoms with Gasteiger partial charge in [0.2, 0.25) is 17.7 Å². The quantitative estimate of drug-likeness (QED) is 0.178. The smallest absolute Gasteiger partial charge is 0.325 e. The van der Waals surface area contributed by atoms with Crippen LogP contribution >= 0.6 is 0 Å². The summed E-state index contributed by atoms with van der Waals surface area (Å²) in [4.78, 5) is 58.1. The van der Waals surface area contributed by atoms with E-state index in [9.17, 15) is 24.0 Å². The van der Waals surface area contributed by atoms with Crippen LogP contribution < -0.4 is 32.7 Å². The van der Waals surface area contributed by atoms with Crippen LogP contribution in [0.2, 0.25) is 0 Å². The summed E-state index contributed by atoms with van der Waals surface area (Å²) in [5, 5.41) is 18.5. The first-order valence-corrected chi connectivity index (χ1v) is 9.29. The molecule has 0 saturated carbocycles. The van der Waals surface area contributed by atoms with Crippen LogP contribution in [0.15, 0.2) is 0 Å². The summed E-state index contributed by atoms with van der Waals surface area (Å²) in [6.07, 6.45) is 0.694. The molecule has 4 atom stereocenters. The van der Waals surface area contributed by atoms with Crippen molar-refractivity contribution in [3.8, 4) is 0 Å². The van der Waals surface area contributed by atoms with Crippen LogP contribution in [0.25, 0.3) is 0 Å². The molecule has 0 aliphatic rings. The number of carboxylic acids is 1. The van der Waals surface area contributed by atoms with Gasteiger partial charge >= 0.3 is 12.0 Å². The molecule has 0 aliphatic carbocycles. The fraction of sp³-hybridized carbons (Fsp3) is 0.706. The van der Waals surface area contributed by atoms with E-state index in [0.29, 0.717) is 6.42 Å². The third-order valence-electron chi connectivity index (χ3n) is 4.06. The first-order chi connectivity index (χ1) is 13.4. The zero-order valence-corrected chi connectivity index (χ0v) is 17.2. The summed E-state index contributed by atoms with van der Waals surface area (Å²) >= 11 is 0. The zero-order valence-electron chi connectivity index (χ0n) is 17.2. The second kappa shape index (κ2) is 12.5. The van der Waals surface area contributed by atoms with Crippen molar-refractivity contribution >= 4 is 29.7 Å². The molecule has 5 amide bonds. The minimum atomic E-state index is -1.20. The number of carbonyl (C=O) groups is 5. The lowest BCUT2D eigenvalue weighted by atomic mass is 10.0. The van der Waals surface area contributed by atoms with Crippen LogP contribution in [0.4, 0.5) is 4.79 Å². The van der Waals surface area contributed by atoms with E-state index < -0.39 is 53.9 Å². The molecular formula is C17H32N6O6. The Morgan fingerprint density at radius 1 is 0.862 bits per heavy atom. The number of aliphatic carboxylic acids is 1. The number of urea groups is 1. The van der Waals surface area contributed by atoms with Gasteiger partial charge in [0.1, 0.15) is 18.1 Å². The molecule has 0 spiro atoms. The summed E-state index contributed by atoms with van der Waals surface area (Å²) in [6.45, 7) is 6.39. The van der Waals surface area contributed by atoms with Crippen molar-refractivity contribution < 1.29 is 29.1 Å². The highest BCUT2D eigenvalue weighted by Gasteiger charge is 2.29. The minimum Gasteiger partial charge on any atom is -0.480 e. The summed E-state index contributed by atoms with van der Waals surface area (Å²) in [5.74, 6) is -3.31. The molecular weight excluding hydrogens is 384 g/mol. The lowest BCUT2D eigenvalue weighted by Gasteiger charge is -2.25. The fourth-order valence-corrected chi connectivity index (χ4v) is 2.23. The van der Waals surface area contributed by atoms with Crippen LogP contribution in [0.5, 0.6) is 0 Å². The average Bonchev–Trinajstić information content (AvgIpc) is 2.61. The Balaban J connectivity index is 4.72. The molecule has 0 saturated heterocycles. The molecule has 29 heavy (non-hydrogen) atoms. The molecule has 0 fully saturated rings. The molecule has 0 unspecified atom stereocenters. The van der Waals surface area contributed by atoms with E-state index in [1.165, 1.54) is 13.8 Å². The Kier molecular flexibility index (Phi) is 11.3. The number of nitrogens with two attached hydrogens (primary N) is 2. The molecule has 0 aromatic heterocycles. The highest BCUT2D eigenvalue weighted by Crippen LogP contribution is 2.04. The van der Waals surface area contributed by atoms with E-state index in [4.69, 9.17) is 16.6 Å². The number of hydrogen-bond acceptors (Lipinski definition) is 6. The van der Waals surface area contributed by atoms with Gasteiger partial charge in [-0.3, -0.25) is 19.2 Å². The summed E-state index contributed by atoms with van der Waals surface area (Å²) in [5.41, 5.74) is 10.7. The Labute approximate surface area is 169 Å². The van der Waals surface area contributed by atoms with Gasteiger partial charge in [-0.1, -0.05) is 13.8 Å². The van der Waals surface area contributed by atoms with E-state index in [2.05, 4.69) is 21.3 Å². The molecule has 0 bridgehead atoms.